The third-order valence-electron chi connectivity index (χ3n) is 3.64. The van der Waals surface area contributed by atoms with E-state index in [1.165, 1.54) is 23.6 Å². The highest BCUT2D eigenvalue weighted by atomic mass is 16.1. The van der Waals surface area contributed by atoms with Gasteiger partial charge in [0.25, 0.3) is 0 Å². The van der Waals surface area contributed by atoms with Gasteiger partial charge in [-0.15, -0.1) is 0 Å². The molecule has 0 atom stereocenters. The van der Waals surface area contributed by atoms with Crippen LogP contribution >= 0.6 is 0 Å². The summed E-state index contributed by atoms with van der Waals surface area (Å²) in [5.41, 5.74) is 1.07. The molecule has 0 bridgehead atoms. The summed E-state index contributed by atoms with van der Waals surface area (Å²) in [6.07, 6.45) is 3.02. The van der Waals surface area contributed by atoms with Gasteiger partial charge >= 0.3 is 0 Å². The molecule has 0 radical (unpaired) electrons. The van der Waals surface area contributed by atoms with E-state index in [0.29, 0.717) is 19.0 Å². The quantitative estimate of drug-likeness (QED) is 0.789. The van der Waals surface area contributed by atoms with Crippen LogP contribution in [0.3, 0.4) is 0 Å². The Kier molecular flexibility index (Phi) is 3.97. The molecule has 1 amide bonds. The largest absolute Gasteiger partial charge is 0.355 e. The smallest absolute Gasteiger partial charge is 0.224 e. The third-order valence-corrected chi connectivity index (χ3v) is 3.64. The SMILES string of the molecule is O=C(Cc1ccc2ccccc2c1)NCCNC1CC1. The van der Waals surface area contributed by atoms with Gasteiger partial charge in [-0.3, -0.25) is 4.79 Å². The summed E-state index contributed by atoms with van der Waals surface area (Å²) in [4.78, 5) is 11.9. The normalized spacial score (nSPS) is 14.4. The van der Waals surface area contributed by atoms with Crippen molar-refractivity contribution >= 4 is 16.7 Å². The van der Waals surface area contributed by atoms with Crippen LogP contribution in [-0.4, -0.2) is 25.0 Å². The summed E-state index contributed by atoms with van der Waals surface area (Å²) in [6.45, 7) is 1.58. The molecule has 3 rings (SSSR count). The van der Waals surface area contributed by atoms with Gasteiger partial charge < -0.3 is 10.6 Å². The lowest BCUT2D eigenvalue weighted by atomic mass is 10.1. The van der Waals surface area contributed by atoms with E-state index in [1.807, 2.05) is 18.2 Å². The monoisotopic (exact) mass is 268 g/mol. The van der Waals surface area contributed by atoms with Crippen molar-refractivity contribution in [2.45, 2.75) is 25.3 Å². The first-order valence-electron chi connectivity index (χ1n) is 7.29. The molecule has 0 spiro atoms. The highest BCUT2D eigenvalue weighted by Gasteiger charge is 2.19. The minimum Gasteiger partial charge on any atom is -0.355 e. The molecule has 1 aliphatic carbocycles. The molecule has 2 N–H and O–H groups in total. The molecule has 3 nitrogen and oxygen atoms in total. The zero-order chi connectivity index (χ0) is 13.8. The minimum atomic E-state index is 0.0953. The van der Waals surface area contributed by atoms with E-state index >= 15 is 0 Å². The molecular formula is C17H20N2O. The van der Waals surface area contributed by atoms with Gasteiger partial charge in [0.05, 0.1) is 6.42 Å². The zero-order valence-corrected chi connectivity index (χ0v) is 11.6. The molecule has 2 aromatic rings. The number of benzene rings is 2. The summed E-state index contributed by atoms with van der Waals surface area (Å²) >= 11 is 0. The maximum atomic E-state index is 11.9. The lowest BCUT2D eigenvalue weighted by Gasteiger charge is -2.07. The summed E-state index contributed by atoms with van der Waals surface area (Å²) < 4.78 is 0. The van der Waals surface area contributed by atoms with Crippen molar-refractivity contribution in [1.29, 1.82) is 0 Å². The summed E-state index contributed by atoms with van der Waals surface area (Å²) in [7, 11) is 0. The van der Waals surface area contributed by atoms with Crippen molar-refractivity contribution in [2.75, 3.05) is 13.1 Å². The van der Waals surface area contributed by atoms with Crippen molar-refractivity contribution < 1.29 is 4.79 Å². The van der Waals surface area contributed by atoms with Gasteiger partial charge in [0.2, 0.25) is 5.91 Å². The average molecular weight is 268 g/mol. The van der Waals surface area contributed by atoms with Gasteiger partial charge in [0, 0.05) is 19.1 Å². The zero-order valence-electron chi connectivity index (χ0n) is 11.6. The van der Waals surface area contributed by atoms with Gasteiger partial charge in [-0.25, -0.2) is 0 Å². The van der Waals surface area contributed by atoms with Crippen LogP contribution < -0.4 is 10.6 Å². The van der Waals surface area contributed by atoms with E-state index in [9.17, 15) is 4.79 Å². The molecule has 2 aromatic carbocycles. The van der Waals surface area contributed by atoms with Gasteiger partial charge in [0.1, 0.15) is 0 Å². The first kappa shape index (κ1) is 13.1. The fourth-order valence-electron chi connectivity index (χ4n) is 2.36. The summed E-state index contributed by atoms with van der Waals surface area (Å²) in [5, 5.41) is 8.75. The molecule has 0 unspecified atom stereocenters. The lowest BCUT2D eigenvalue weighted by molar-refractivity contribution is -0.120. The Morgan fingerprint density at radius 3 is 2.65 bits per heavy atom. The number of hydrogen-bond donors (Lipinski definition) is 2. The number of nitrogens with one attached hydrogen (secondary N) is 2. The van der Waals surface area contributed by atoms with Crippen LogP contribution in [0.25, 0.3) is 10.8 Å². The highest BCUT2D eigenvalue weighted by Crippen LogP contribution is 2.18. The molecular weight excluding hydrogens is 248 g/mol. The van der Waals surface area contributed by atoms with Crippen LogP contribution in [0.1, 0.15) is 18.4 Å². The number of amides is 1. The van der Waals surface area contributed by atoms with Crippen LogP contribution in [0, 0.1) is 0 Å². The topological polar surface area (TPSA) is 41.1 Å². The molecule has 3 heteroatoms. The lowest BCUT2D eigenvalue weighted by Crippen LogP contribution is -2.33. The predicted molar refractivity (Wildman–Crippen MR) is 81.7 cm³/mol. The molecule has 0 aliphatic heterocycles. The number of rotatable bonds is 6. The predicted octanol–water partition coefficient (Wildman–Crippen LogP) is 2.25. The standard InChI is InChI=1S/C17H20N2O/c20-17(19-10-9-18-16-7-8-16)12-13-5-6-14-3-1-2-4-15(14)11-13/h1-6,11,16,18H,7-10,12H2,(H,19,20). The summed E-state index contributed by atoms with van der Waals surface area (Å²) in [5.74, 6) is 0.0953. The first-order chi connectivity index (χ1) is 9.81. The van der Waals surface area contributed by atoms with E-state index in [-0.39, 0.29) is 5.91 Å². The van der Waals surface area contributed by atoms with Crippen molar-refractivity contribution in [3.8, 4) is 0 Å². The van der Waals surface area contributed by atoms with Crippen molar-refractivity contribution in [2.24, 2.45) is 0 Å². The molecule has 0 aromatic heterocycles. The molecule has 0 saturated heterocycles. The van der Waals surface area contributed by atoms with Gasteiger partial charge in [-0.05, 0) is 29.2 Å². The molecule has 0 heterocycles. The van der Waals surface area contributed by atoms with Crippen LogP contribution in [0.2, 0.25) is 0 Å². The molecule has 104 valence electrons. The Bertz CT molecular complexity index is 605. The van der Waals surface area contributed by atoms with Crippen molar-refractivity contribution in [1.82, 2.24) is 10.6 Å². The highest BCUT2D eigenvalue weighted by molar-refractivity contribution is 5.85. The van der Waals surface area contributed by atoms with E-state index < -0.39 is 0 Å². The Balaban J connectivity index is 1.50. The van der Waals surface area contributed by atoms with Gasteiger partial charge in [-0.2, -0.15) is 0 Å². The number of carbonyl (C=O) groups excluding carboxylic acids is 1. The first-order valence-corrected chi connectivity index (χ1v) is 7.29. The maximum absolute atomic E-state index is 11.9. The molecule has 1 aliphatic rings. The van der Waals surface area contributed by atoms with E-state index in [0.717, 1.165) is 12.1 Å². The Morgan fingerprint density at radius 2 is 1.85 bits per heavy atom. The Labute approximate surface area is 119 Å². The van der Waals surface area contributed by atoms with E-state index in [4.69, 9.17) is 0 Å². The fraction of sp³-hybridized carbons (Fsp3) is 0.353. The van der Waals surface area contributed by atoms with Crippen molar-refractivity contribution in [3.05, 3.63) is 48.0 Å². The second kappa shape index (κ2) is 6.06. The number of fused-ring (bicyclic) bond motifs is 1. The number of carbonyl (C=O) groups is 1. The van der Waals surface area contributed by atoms with Crippen LogP contribution in [0.15, 0.2) is 42.5 Å². The van der Waals surface area contributed by atoms with Gasteiger partial charge in [-0.1, -0.05) is 42.5 Å². The van der Waals surface area contributed by atoms with Crippen LogP contribution in [0.4, 0.5) is 0 Å². The van der Waals surface area contributed by atoms with Crippen LogP contribution in [-0.2, 0) is 11.2 Å². The molecule has 1 saturated carbocycles. The Morgan fingerprint density at radius 1 is 1.05 bits per heavy atom. The second-order valence-corrected chi connectivity index (χ2v) is 5.44. The second-order valence-electron chi connectivity index (χ2n) is 5.44. The van der Waals surface area contributed by atoms with Crippen molar-refractivity contribution in [3.63, 3.8) is 0 Å². The minimum absolute atomic E-state index is 0.0953. The Hall–Kier alpha value is -1.87. The molecule has 1 fully saturated rings. The number of hydrogen-bond acceptors (Lipinski definition) is 2. The van der Waals surface area contributed by atoms with Crippen LogP contribution in [0.5, 0.6) is 0 Å². The molecule has 20 heavy (non-hydrogen) atoms. The fourth-order valence-corrected chi connectivity index (χ4v) is 2.36. The maximum Gasteiger partial charge on any atom is 0.224 e. The third kappa shape index (κ3) is 3.58. The summed E-state index contributed by atoms with van der Waals surface area (Å²) in [6, 6.07) is 15.1. The van der Waals surface area contributed by atoms with E-state index in [2.05, 4.69) is 34.9 Å². The average Bonchev–Trinajstić information content (AvgIpc) is 3.28. The van der Waals surface area contributed by atoms with E-state index in [1.54, 1.807) is 0 Å². The van der Waals surface area contributed by atoms with Gasteiger partial charge in [0.15, 0.2) is 0 Å².